The number of carbonyl (C=O) groups is 3. The lowest BCUT2D eigenvalue weighted by molar-refractivity contribution is -0.127. The Morgan fingerprint density at radius 1 is 1.18 bits per heavy atom. The Morgan fingerprint density at radius 2 is 1.94 bits per heavy atom. The molecule has 1 aliphatic heterocycles. The zero-order valence-electron chi connectivity index (χ0n) is 18.8. The Balaban J connectivity index is 1.73. The smallest absolute Gasteiger partial charge is 0.294 e. The van der Waals surface area contributed by atoms with Crippen molar-refractivity contribution in [3.05, 3.63) is 57.5 Å². The maximum atomic E-state index is 12.8. The summed E-state index contributed by atoms with van der Waals surface area (Å²) in [7, 11) is 0. The van der Waals surface area contributed by atoms with Crippen LogP contribution in [0.3, 0.4) is 0 Å². The van der Waals surface area contributed by atoms with Crippen molar-refractivity contribution < 1.29 is 23.9 Å². The summed E-state index contributed by atoms with van der Waals surface area (Å²) in [5.41, 5.74) is 2.05. The number of rotatable bonds is 8. The monoisotopic (exact) mass is 488 g/mol. The third-order valence-electron chi connectivity index (χ3n) is 4.56. The number of carbonyl (C=O) groups excluding carboxylic acids is 3. The first-order chi connectivity index (χ1) is 15.7. The van der Waals surface area contributed by atoms with E-state index >= 15 is 0 Å². The first-order valence-corrected chi connectivity index (χ1v) is 11.6. The first kappa shape index (κ1) is 24.7. The summed E-state index contributed by atoms with van der Waals surface area (Å²) in [4.78, 5) is 38.7. The quantitative estimate of drug-likeness (QED) is 0.493. The summed E-state index contributed by atoms with van der Waals surface area (Å²) in [5.74, 6) is 0.134. The minimum absolute atomic E-state index is 0.0198. The van der Waals surface area contributed by atoms with Gasteiger partial charge in [-0.2, -0.15) is 0 Å². The number of hydrogen-bond acceptors (Lipinski definition) is 6. The lowest BCUT2D eigenvalue weighted by atomic mass is 10.1. The molecular weight excluding hydrogens is 464 g/mol. The third kappa shape index (κ3) is 6.30. The topological polar surface area (TPSA) is 84.9 Å². The molecular formula is C24H25ClN2O5S. The molecule has 3 amide bonds. The van der Waals surface area contributed by atoms with Crippen LogP contribution in [-0.2, 0) is 9.59 Å². The van der Waals surface area contributed by atoms with Crippen LogP contribution in [0.2, 0.25) is 5.02 Å². The van der Waals surface area contributed by atoms with Gasteiger partial charge >= 0.3 is 0 Å². The molecule has 0 bridgehead atoms. The summed E-state index contributed by atoms with van der Waals surface area (Å²) >= 11 is 6.87. The van der Waals surface area contributed by atoms with Crippen LogP contribution >= 0.6 is 23.4 Å². The number of aryl methyl sites for hydroxylation is 1. The molecule has 0 aliphatic carbocycles. The Kier molecular flexibility index (Phi) is 8.05. The number of nitrogens with zero attached hydrogens (tertiary/aromatic N) is 1. The average molecular weight is 489 g/mol. The fraction of sp³-hybridized carbons (Fsp3) is 0.292. The first-order valence-electron chi connectivity index (χ1n) is 10.4. The van der Waals surface area contributed by atoms with Crippen molar-refractivity contribution >= 4 is 52.2 Å². The number of anilines is 1. The van der Waals surface area contributed by atoms with Gasteiger partial charge in [0.05, 0.1) is 17.6 Å². The summed E-state index contributed by atoms with van der Waals surface area (Å²) in [5, 5.41) is 2.66. The number of thioether (sulfide) groups is 1. The van der Waals surface area contributed by atoms with Gasteiger partial charge < -0.3 is 14.8 Å². The molecule has 0 atom stereocenters. The van der Waals surface area contributed by atoms with Gasteiger partial charge in [0, 0.05) is 10.7 Å². The number of halogens is 1. The van der Waals surface area contributed by atoms with Gasteiger partial charge in [0.1, 0.15) is 6.54 Å². The van der Waals surface area contributed by atoms with E-state index in [1.807, 2.05) is 27.7 Å². The van der Waals surface area contributed by atoms with Crippen LogP contribution in [0.15, 0.2) is 41.3 Å². The van der Waals surface area contributed by atoms with Gasteiger partial charge in [0.2, 0.25) is 5.91 Å². The molecule has 0 radical (unpaired) electrons. The van der Waals surface area contributed by atoms with E-state index in [4.69, 9.17) is 21.1 Å². The predicted octanol–water partition coefficient (Wildman–Crippen LogP) is 5.51. The van der Waals surface area contributed by atoms with Crippen LogP contribution in [0.4, 0.5) is 10.5 Å². The molecule has 0 unspecified atom stereocenters. The van der Waals surface area contributed by atoms with Gasteiger partial charge in [0.25, 0.3) is 11.1 Å². The van der Waals surface area contributed by atoms with E-state index in [1.165, 1.54) is 0 Å². The van der Waals surface area contributed by atoms with Crippen molar-refractivity contribution in [2.75, 3.05) is 18.5 Å². The minimum Gasteiger partial charge on any atom is -0.490 e. The molecule has 33 heavy (non-hydrogen) atoms. The number of amides is 3. The fourth-order valence-electron chi connectivity index (χ4n) is 3.04. The van der Waals surface area contributed by atoms with Crippen LogP contribution < -0.4 is 14.8 Å². The molecule has 0 spiro atoms. The van der Waals surface area contributed by atoms with Crippen molar-refractivity contribution in [2.45, 2.75) is 33.8 Å². The summed E-state index contributed by atoms with van der Waals surface area (Å²) in [6.45, 7) is 7.62. The van der Waals surface area contributed by atoms with Gasteiger partial charge in [-0.25, -0.2) is 0 Å². The zero-order valence-corrected chi connectivity index (χ0v) is 20.4. The molecule has 2 aromatic carbocycles. The summed E-state index contributed by atoms with van der Waals surface area (Å²) < 4.78 is 11.4. The Bertz CT molecular complexity index is 1120. The van der Waals surface area contributed by atoms with E-state index in [9.17, 15) is 14.4 Å². The second-order valence-electron chi connectivity index (χ2n) is 7.59. The van der Waals surface area contributed by atoms with Crippen molar-refractivity contribution in [2.24, 2.45) is 0 Å². The Hall–Kier alpha value is -2.97. The van der Waals surface area contributed by atoms with Crippen molar-refractivity contribution in [1.82, 2.24) is 4.90 Å². The molecule has 0 aromatic heterocycles. The summed E-state index contributed by atoms with van der Waals surface area (Å²) in [6.07, 6.45) is 1.58. The molecule has 174 valence electrons. The lowest BCUT2D eigenvalue weighted by Gasteiger charge is -2.15. The SMILES string of the molecule is CCOc1cc(/C=C2/SC(=O)N(CC(=O)Nc3ccc(C)c(Cl)c3)C2=O)ccc1OC(C)C. The van der Waals surface area contributed by atoms with E-state index in [-0.39, 0.29) is 11.0 Å². The van der Waals surface area contributed by atoms with Crippen LogP contribution in [0.1, 0.15) is 31.9 Å². The van der Waals surface area contributed by atoms with E-state index < -0.39 is 23.6 Å². The van der Waals surface area contributed by atoms with E-state index in [2.05, 4.69) is 5.32 Å². The molecule has 7 nitrogen and oxygen atoms in total. The number of nitrogens with one attached hydrogen (secondary N) is 1. The van der Waals surface area contributed by atoms with Crippen molar-refractivity contribution in [3.63, 3.8) is 0 Å². The Morgan fingerprint density at radius 3 is 2.61 bits per heavy atom. The standard InChI is InChI=1S/C24H25ClN2O5S/c1-5-31-20-10-16(7-9-19(20)32-14(2)3)11-21-23(29)27(24(30)33-21)13-22(28)26-17-8-6-15(4)18(25)12-17/h6-12,14H,5,13H2,1-4H3,(H,26,28)/b21-11+. The highest BCUT2D eigenvalue weighted by molar-refractivity contribution is 8.18. The maximum absolute atomic E-state index is 12.8. The number of hydrogen-bond donors (Lipinski definition) is 1. The normalized spacial score (nSPS) is 14.8. The van der Waals surface area contributed by atoms with Gasteiger partial charge in [-0.05, 0) is 80.9 Å². The minimum atomic E-state index is -0.525. The van der Waals surface area contributed by atoms with E-state index in [0.717, 1.165) is 22.2 Å². The highest BCUT2D eigenvalue weighted by atomic mass is 35.5. The lowest BCUT2D eigenvalue weighted by Crippen LogP contribution is -2.36. The fourth-order valence-corrected chi connectivity index (χ4v) is 4.06. The van der Waals surface area contributed by atoms with E-state index in [0.29, 0.717) is 34.4 Å². The zero-order chi connectivity index (χ0) is 24.1. The van der Waals surface area contributed by atoms with Gasteiger partial charge in [-0.15, -0.1) is 0 Å². The molecule has 2 aromatic rings. The largest absolute Gasteiger partial charge is 0.490 e. The predicted molar refractivity (Wildman–Crippen MR) is 131 cm³/mol. The number of benzene rings is 2. The molecule has 1 N–H and O–H groups in total. The van der Waals surface area contributed by atoms with Crippen LogP contribution in [0, 0.1) is 6.92 Å². The Labute approximate surface area is 202 Å². The van der Waals surface area contributed by atoms with Crippen molar-refractivity contribution in [1.29, 1.82) is 0 Å². The molecule has 1 saturated heterocycles. The van der Waals surface area contributed by atoms with Crippen LogP contribution in [0.25, 0.3) is 6.08 Å². The number of imide groups is 1. The molecule has 3 rings (SSSR count). The molecule has 1 aliphatic rings. The molecule has 1 heterocycles. The molecule has 1 fully saturated rings. The van der Waals surface area contributed by atoms with Crippen LogP contribution in [0.5, 0.6) is 11.5 Å². The molecule has 0 saturated carbocycles. The second-order valence-corrected chi connectivity index (χ2v) is 8.99. The third-order valence-corrected chi connectivity index (χ3v) is 5.87. The average Bonchev–Trinajstić information content (AvgIpc) is 3.00. The molecule has 9 heteroatoms. The maximum Gasteiger partial charge on any atom is 0.294 e. The summed E-state index contributed by atoms with van der Waals surface area (Å²) in [6, 6.07) is 10.4. The number of ether oxygens (including phenoxy) is 2. The van der Waals surface area contributed by atoms with Gasteiger partial charge in [-0.3, -0.25) is 19.3 Å². The van der Waals surface area contributed by atoms with Crippen LogP contribution in [-0.4, -0.2) is 41.2 Å². The van der Waals surface area contributed by atoms with Gasteiger partial charge in [0.15, 0.2) is 11.5 Å². The van der Waals surface area contributed by atoms with Gasteiger partial charge in [-0.1, -0.05) is 23.7 Å². The van der Waals surface area contributed by atoms with E-state index in [1.54, 1.807) is 42.5 Å². The second kappa shape index (κ2) is 10.8. The highest BCUT2D eigenvalue weighted by Crippen LogP contribution is 2.35. The highest BCUT2D eigenvalue weighted by Gasteiger charge is 2.36. The van der Waals surface area contributed by atoms with Crippen molar-refractivity contribution in [3.8, 4) is 11.5 Å².